The van der Waals surface area contributed by atoms with Gasteiger partial charge in [0.25, 0.3) is 0 Å². The molecule has 34 heavy (non-hydrogen) atoms. The minimum Gasteiger partial charge on any atom is -0.462 e. The molecule has 0 fully saturated rings. The fraction of sp³-hybridized carbons (Fsp3) is 0.222. The fourth-order valence-electron chi connectivity index (χ4n) is 3.33. The van der Waals surface area contributed by atoms with E-state index in [0.29, 0.717) is 36.5 Å². The van der Waals surface area contributed by atoms with Gasteiger partial charge in [-0.1, -0.05) is 0 Å². The van der Waals surface area contributed by atoms with Gasteiger partial charge in [0.15, 0.2) is 0 Å². The minimum atomic E-state index is -0.391. The zero-order valence-corrected chi connectivity index (χ0v) is 19.4. The Bertz CT molecular complexity index is 975. The second kappa shape index (κ2) is 11.7. The standard InChI is InChI=1S/C27H27NO6/c1-4-32-25(29)19-7-13-22(14-8-19)28(23-15-9-20(10-16-23)26(30)33-5-2)24-17-11-21(12-18-24)27(31)34-6-3/h7-18H,4-6H2,1-3H3. The van der Waals surface area contributed by atoms with Crippen LogP contribution in [0, 0.1) is 0 Å². The van der Waals surface area contributed by atoms with Crippen LogP contribution in [0.15, 0.2) is 72.8 Å². The Balaban J connectivity index is 1.99. The molecule has 0 aromatic heterocycles. The summed E-state index contributed by atoms with van der Waals surface area (Å²) in [7, 11) is 0. The summed E-state index contributed by atoms with van der Waals surface area (Å²) in [5.74, 6) is -1.17. The van der Waals surface area contributed by atoms with E-state index in [9.17, 15) is 14.4 Å². The Labute approximate surface area is 198 Å². The quantitative estimate of drug-likeness (QED) is 0.299. The van der Waals surface area contributed by atoms with Crippen LogP contribution in [-0.2, 0) is 14.2 Å². The lowest BCUT2D eigenvalue weighted by atomic mass is 10.1. The van der Waals surface area contributed by atoms with E-state index in [-0.39, 0.29) is 0 Å². The number of hydrogen-bond donors (Lipinski definition) is 0. The molecule has 0 saturated carbocycles. The molecule has 3 aromatic carbocycles. The Hall–Kier alpha value is -4.13. The Kier molecular flexibility index (Phi) is 8.40. The number of esters is 3. The van der Waals surface area contributed by atoms with Crippen molar-refractivity contribution in [3.05, 3.63) is 89.5 Å². The molecule has 0 radical (unpaired) electrons. The number of anilines is 3. The number of rotatable bonds is 9. The molecule has 0 aliphatic carbocycles. The first kappa shape index (κ1) is 24.5. The first-order chi connectivity index (χ1) is 16.5. The number of carbonyl (C=O) groups is 3. The average Bonchev–Trinajstić information content (AvgIpc) is 2.86. The molecule has 176 valence electrons. The van der Waals surface area contributed by atoms with Crippen molar-refractivity contribution in [1.29, 1.82) is 0 Å². The van der Waals surface area contributed by atoms with E-state index in [0.717, 1.165) is 17.1 Å². The van der Waals surface area contributed by atoms with Crippen LogP contribution in [-0.4, -0.2) is 37.7 Å². The van der Waals surface area contributed by atoms with Gasteiger partial charge in [-0.05, 0) is 93.6 Å². The maximum absolute atomic E-state index is 12.1. The minimum absolute atomic E-state index is 0.298. The predicted molar refractivity (Wildman–Crippen MR) is 129 cm³/mol. The van der Waals surface area contributed by atoms with Crippen molar-refractivity contribution in [1.82, 2.24) is 0 Å². The van der Waals surface area contributed by atoms with Crippen LogP contribution in [0.5, 0.6) is 0 Å². The lowest BCUT2D eigenvalue weighted by Crippen LogP contribution is -2.12. The van der Waals surface area contributed by atoms with Crippen LogP contribution < -0.4 is 4.90 Å². The number of carbonyl (C=O) groups excluding carboxylic acids is 3. The fourth-order valence-corrected chi connectivity index (χ4v) is 3.33. The maximum Gasteiger partial charge on any atom is 0.338 e. The highest BCUT2D eigenvalue weighted by atomic mass is 16.5. The van der Waals surface area contributed by atoms with E-state index in [1.165, 1.54) is 0 Å². The van der Waals surface area contributed by atoms with Crippen LogP contribution in [0.4, 0.5) is 17.1 Å². The van der Waals surface area contributed by atoms with Crippen molar-refractivity contribution in [2.45, 2.75) is 20.8 Å². The van der Waals surface area contributed by atoms with Crippen molar-refractivity contribution >= 4 is 35.0 Å². The number of ether oxygens (including phenoxy) is 3. The third-order valence-corrected chi connectivity index (χ3v) is 4.91. The SMILES string of the molecule is CCOC(=O)c1ccc(N(c2ccc(C(=O)OCC)cc2)c2ccc(C(=O)OCC)cc2)cc1. The van der Waals surface area contributed by atoms with E-state index in [1.807, 2.05) is 41.3 Å². The Morgan fingerprint density at radius 2 is 0.735 bits per heavy atom. The molecule has 0 bridgehead atoms. The smallest absolute Gasteiger partial charge is 0.338 e. The molecule has 0 N–H and O–H groups in total. The van der Waals surface area contributed by atoms with Gasteiger partial charge in [0.1, 0.15) is 0 Å². The monoisotopic (exact) mass is 461 g/mol. The van der Waals surface area contributed by atoms with Gasteiger partial charge in [0, 0.05) is 17.1 Å². The topological polar surface area (TPSA) is 82.1 Å². The molecular weight excluding hydrogens is 434 g/mol. The average molecular weight is 462 g/mol. The van der Waals surface area contributed by atoms with Crippen LogP contribution in [0.3, 0.4) is 0 Å². The zero-order valence-electron chi connectivity index (χ0n) is 19.4. The van der Waals surface area contributed by atoms with E-state index >= 15 is 0 Å². The molecule has 3 aromatic rings. The van der Waals surface area contributed by atoms with Crippen molar-refractivity contribution in [2.75, 3.05) is 24.7 Å². The molecule has 0 aliphatic rings. The Morgan fingerprint density at radius 3 is 0.941 bits per heavy atom. The van der Waals surface area contributed by atoms with Gasteiger partial charge in [-0.3, -0.25) is 0 Å². The highest BCUT2D eigenvalue weighted by Gasteiger charge is 2.16. The number of benzene rings is 3. The molecule has 7 heteroatoms. The van der Waals surface area contributed by atoms with Gasteiger partial charge in [0.2, 0.25) is 0 Å². The Morgan fingerprint density at radius 1 is 0.500 bits per heavy atom. The lowest BCUT2D eigenvalue weighted by Gasteiger charge is -2.26. The van der Waals surface area contributed by atoms with Gasteiger partial charge >= 0.3 is 17.9 Å². The zero-order chi connectivity index (χ0) is 24.5. The first-order valence-corrected chi connectivity index (χ1v) is 11.1. The summed E-state index contributed by atoms with van der Waals surface area (Å²) < 4.78 is 15.2. The lowest BCUT2D eigenvalue weighted by molar-refractivity contribution is 0.0517. The molecule has 0 heterocycles. The maximum atomic E-state index is 12.1. The molecule has 3 rings (SSSR count). The summed E-state index contributed by atoms with van der Waals surface area (Å²) in [4.78, 5) is 38.1. The first-order valence-electron chi connectivity index (χ1n) is 11.1. The van der Waals surface area contributed by atoms with Crippen molar-refractivity contribution in [2.24, 2.45) is 0 Å². The van der Waals surface area contributed by atoms with E-state index in [1.54, 1.807) is 57.2 Å². The number of nitrogens with zero attached hydrogens (tertiary/aromatic N) is 1. The van der Waals surface area contributed by atoms with Gasteiger partial charge in [-0.2, -0.15) is 0 Å². The van der Waals surface area contributed by atoms with Crippen LogP contribution in [0.1, 0.15) is 51.8 Å². The summed E-state index contributed by atoms with van der Waals surface area (Å²) in [6, 6.07) is 21.0. The van der Waals surface area contributed by atoms with E-state index in [4.69, 9.17) is 14.2 Å². The summed E-state index contributed by atoms with van der Waals surface area (Å²) in [5, 5.41) is 0. The summed E-state index contributed by atoms with van der Waals surface area (Å²) >= 11 is 0. The predicted octanol–water partition coefficient (Wildman–Crippen LogP) is 5.69. The van der Waals surface area contributed by atoms with Crippen molar-refractivity contribution < 1.29 is 28.6 Å². The van der Waals surface area contributed by atoms with Gasteiger partial charge in [-0.15, -0.1) is 0 Å². The third-order valence-electron chi connectivity index (χ3n) is 4.91. The highest BCUT2D eigenvalue weighted by Crippen LogP contribution is 2.35. The normalized spacial score (nSPS) is 10.3. The second-order valence-electron chi connectivity index (χ2n) is 7.14. The molecule has 0 atom stereocenters. The van der Waals surface area contributed by atoms with Crippen LogP contribution >= 0.6 is 0 Å². The summed E-state index contributed by atoms with van der Waals surface area (Å²) in [5.41, 5.74) is 3.67. The highest BCUT2D eigenvalue weighted by molar-refractivity contribution is 5.92. The summed E-state index contributed by atoms with van der Waals surface area (Å²) in [6.07, 6.45) is 0. The van der Waals surface area contributed by atoms with Gasteiger partial charge in [0.05, 0.1) is 36.5 Å². The molecular formula is C27H27NO6. The molecule has 0 aliphatic heterocycles. The molecule has 0 unspecified atom stereocenters. The molecule has 0 amide bonds. The molecule has 0 spiro atoms. The second-order valence-corrected chi connectivity index (χ2v) is 7.14. The van der Waals surface area contributed by atoms with Crippen molar-refractivity contribution in [3.8, 4) is 0 Å². The van der Waals surface area contributed by atoms with Gasteiger partial charge in [-0.25, -0.2) is 14.4 Å². The molecule has 7 nitrogen and oxygen atoms in total. The largest absolute Gasteiger partial charge is 0.462 e. The number of hydrogen-bond acceptors (Lipinski definition) is 7. The van der Waals surface area contributed by atoms with E-state index in [2.05, 4.69) is 0 Å². The van der Waals surface area contributed by atoms with Gasteiger partial charge < -0.3 is 19.1 Å². The molecule has 0 saturated heterocycles. The van der Waals surface area contributed by atoms with Crippen molar-refractivity contribution in [3.63, 3.8) is 0 Å². The third kappa shape index (κ3) is 5.81. The van der Waals surface area contributed by atoms with Crippen LogP contribution in [0.2, 0.25) is 0 Å². The van der Waals surface area contributed by atoms with E-state index < -0.39 is 17.9 Å². The summed E-state index contributed by atoms with van der Waals surface area (Å²) in [6.45, 7) is 6.17. The van der Waals surface area contributed by atoms with Crippen LogP contribution in [0.25, 0.3) is 0 Å².